The van der Waals surface area contributed by atoms with Crippen molar-refractivity contribution < 1.29 is 23.8 Å². The second-order valence-electron chi connectivity index (χ2n) is 5.88. The summed E-state index contributed by atoms with van der Waals surface area (Å²) >= 11 is 0. The maximum Gasteiger partial charge on any atom is 0.415 e. The largest absolute Gasteiger partial charge is 0.443 e. The molecule has 21 heavy (non-hydrogen) atoms. The molecule has 0 aromatic heterocycles. The van der Waals surface area contributed by atoms with Crippen LogP contribution in [-0.4, -0.2) is 48.1 Å². The second kappa shape index (κ2) is 7.07. The number of ether oxygens (including phenoxy) is 3. The van der Waals surface area contributed by atoms with Gasteiger partial charge in [-0.3, -0.25) is 4.90 Å². The summed E-state index contributed by atoms with van der Waals surface area (Å²) in [7, 11) is 0. The van der Waals surface area contributed by atoms with Gasteiger partial charge in [0.1, 0.15) is 17.2 Å². The van der Waals surface area contributed by atoms with E-state index in [-0.39, 0.29) is 12.1 Å². The van der Waals surface area contributed by atoms with Gasteiger partial charge in [0.2, 0.25) is 0 Å². The Morgan fingerprint density at radius 1 is 1.29 bits per heavy atom. The van der Waals surface area contributed by atoms with Crippen molar-refractivity contribution in [2.45, 2.75) is 58.8 Å². The first-order chi connectivity index (χ1) is 9.77. The van der Waals surface area contributed by atoms with Crippen molar-refractivity contribution in [2.24, 2.45) is 0 Å². The van der Waals surface area contributed by atoms with Crippen molar-refractivity contribution >= 4 is 12.0 Å². The van der Waals surface area contributed by atoms with Crippen LogP contribution in [0.15, 0.2) is 5.70 Å². The van der Waals surface area contributed by atoms with Gasteiger partial charge in [0.15, 0.2) is 5.79 Å². The normalized spacial score (nSPS) is 18.3. The van der Waals surface area contributed by atoms with Crippen LogP contribution in [-0.2, 0) is 19.0 Å². The molecule has 1 heterocycles. The molecule has 0 aromatic rings. The molecule has 0 bridgehead atoms. The third kappa shape index (κ3) is 4.84. The molecule has 1 amide bonds. The standard InChI is InChI=1S/C15H25NO5/c1-6-19-15(20-7-2)8-9-16(12(10-15)11-17)13(18)21-14(3,4)5/h6-10H2,1-5H3. The van der Waals surface area contributed by atoms with Crippen molar-refractivity contribution in [3.63, 3.8) is 0 Å². The molecule has 0 aliphatic carbocycles. The lowest BCUT2D eigenvalue weighted by Crippen LogP contribution is -2.49. The number of likely N-dealkylation sites (tertiary alicyclic amines) is 1. The molecule has 120 valence electrons. The third-order valence-electron chi connectivity index (χ3n) is 3.03. The Bertz CT molecular complexity index is 414. The van der Waals surface area contributed by atoms with Crippen LogP contribution in [0.3, 0.4) is 0 Å². The zero-order valence-electron chi connectivity index (χ0n) is 13.5. The molecule has 0 spiro atoms. The van der Waals surface area contributed by atoms with Crippen LogP contribution >= 0.6 is 0 Å². The highest BCUT2D eigenvalue weighted by molar-refractivity contribution is 5.74. The molecule has 0 atom stereocenters. The van der Waals surface area contributed by atoms with Gasteiger partial charge in [0, 0.05) is 26.2 Å². The highest BCUT2D eigenvalue weighted by atomic mass is 16.7. The molecule has 0 N–H and O–H groups in total. The molecule has 1 saturated heterocycles. The number of carbonyl (C=O) groups is 1. The van der Waals surface area contributed by atoms with Crippen molar-refractivity contribution in [3.05, 3.63) is 5.70 Å². The van der Waals surface area contributed by atoms with E-state index in [1.807, 2.05) is 19.8 Å². The summed E-state index contributed by atoms with van der Waals surface area (Å²) in [6.45, 7) is 10.3. The van der Waals surface area contributed by atoms with Crippen LogP contribution in [0.5, 0.6) is 0 Å². The van der Waals surface area contributed by atoms with E-state index in [1.165, 1.54) is 4.90 Å². The number of rotatable bonds is 4. The van der Waals surface area contributed by atoms with Crippen LogP contribution in [0.25, 0.3) is 0 Å². The molecule has 1 fully saturated rings. The lowest BCUT2D eigenvalue weighted by atomic mass is 10.0. The Hall–Kier alpha value is -1.36. The SMILES string of the molecule is CCOC1(OCC)CCN(C(=O)OC(C)(C)C)C(=C=O)C1. The smallest absolute Gasteiger partial charge is 0.415 e. The first-order valence-electron chi connectivity index (χ1n) is 7.29. The third-order valence-corrected chi connectivity index (χ3v) is 3.03. The molecule has 1 aliphatic heterocycles. The molecule has 6 heteroatoms. The summed E-state index contributed by atoms with van der Waals surface area (Å²) in [5, 5.41) is 0. The van der Waals surface area contributed by atoms with Crippen LogP contribution in [0.4, 0.5) is 4.79 Å². The minimum Gasteiger partial charge on any atom is -0.443 e. The van der Waals surface area contributed by atoms with E-state index in [1.54, 1.807) is 20.8 Å². The maximum atomic E-state index is 12.1. The minimum absolute atomic E-state index is 0.192. The van der Waals surface area contributed by atoms with Crippen LogP contribution < -0.4 is 0 Å². The predicted molar refractivity (Wildman–Crippen MR) is 77.4 cm³/mol. The maximum absolute atomic E-state index is 12.1. The molecular formula is C15H25NO5. The monoisotopic (exact) mass is 299 g/mol. The molecule has 0 aromatic carbocycles. The van der Waals surface area contributed by atoms with Crippen molar-refractivity contribution in [2.75, 3.05) is 19.8 Å². The highest BCUT2D eigenvalue weighted by Crippen LogP contribution is 2.33. The van der Waals surface area contributed by atoms with Gasteiger partial charge in [-0.25, -0.2) is 9.59 Å². The number of hydrogen-bond donors (Lipinski definition) is 0. The Kier molecular flexibility index (Phi) is 5.96. The summed E-state index contributed by atoms with van der Waals surface area (Å²) in [5.41, 5.74) is -0.406. The number of hydrogen-bond acceptors (Lipinski definition) is 5. The van der Waals surface area contributed by atoms with Gasteiger partial charge in [0.25, 0.3) is 0 Å². The van der Waals surface area contributed by atoms with E-state index in [0.29, 0.717) is 26.2 Å². The van der Waals surface area contributed by atoms with Crippen molar-refractivity contribution in [1.82, 2.24) is 4.90 Å². The van der Waals surface area contributed by atoms with E-state index in [9.17, 15) is 9.59 Å². The zero-order valence-corrected chi connectivity index (χ0v) is 13.5. The van der Waals surface area contributed by atoms with Crippen molar-refractivity contribution in [3.8, 4) is 0 Å². The Labute approximate surface area is 126 Å². The molecule has 0 radical (unpaired) electrons. The molecule has 0 unspecified atom stereocenters. The first-order valence-corrected chi connectivity index (χ1v) is 7.29. The minimum atomic E-state index is -0.852. The fourth-order valence-electron chi connectivity index (χ4n) is 2.28. The van der Waals surface area contributed by atoms with Gasteiger partial charge in [-0.05, 0) is 34.6 Å². The fourth-order valence-corrected chi connectivity index (χ4v) is 2.28. The number of carbonyl (C=O) groups excluding carboxylic acids is 2. The molecule has 0 saturated carbocycles. The highest BCUT2D eigenvalue weighted by Gasteiger charge is 2.42. The van der Waals surface area contributed by atoms with E-state index < -0.39 is 17.5 Å². The number of nitrogens with zero attached hydrogens (tertiary/aromatic N) is 1. The van der Waals surface area contributed by atoms with Gasteiger partial charge in [-0.1, -0.05) is 0 Å². The van der Waals surface area contributed by atoms with Crippen molar-refractivity contribution in [1.29, 1.82) is 0 Å². The van der Waals surface area contributed by atoms with Gasteiger partial charge in [0.05, 0.1) is 6.42 Å². The Balaban J connectivity index is 2.87. The first kappa shape index (κ1) is 17.7. The number of piperidine rings is 1. The van der Waals surface area contributed by atoms with Crippen LogP contribution in [0.2, 0.25) is 0 Å². The summed E-state index contributed by atoms with van der Waals surface area (Å²) < 4.78 is 16.6. The zero-order chi connectivity index (χ0) is 16.1. The fraction of sp³-hybridized carbons (Fsp3) is 0.800. The predicted octanol–water partition coefficient (Wildman–Crippen LogP) is 2.50. The van der Waals surface area contributed by atoms with Gasteiger partial charge >= 0.3 is 6.09 Å². The van der Waals surface area contributed by atoms with Crippen LogP contribution in [0.1, 0.15) is 47.5 Å². The Morgan fingerprint density at radius 3 is 2.29 bits per heavy atom. The van der Waals surface area contributed by atoms with E-state index in [4.69, 9.17) is 14.2 Å². The lowest BCUT2D eigenvalue weighted by Gasteiger charge is -2.41. The molecule has 1 aliphatic rings. The average Bonchev–Trinajstić information content (AvgIpc) is 2.37. The van der Waals surface area contributed by atoms with E-state index in [2.05, 4.69) is 0 Å². The molecule has 1 rings (SSSR count). The quantitative estimate of drug-likeness (QED) is 0.589. The summed E-state index contributed by atoms with van der Waals surface area (Å²) in [4.78, 5) is 24.7. The van der Waals surface area contributed by atoms with Gasteiger partial charge < -0.3 is 14.2 Å². The average molecular weight is 299 g/mol. The number of amides is 1. The van der Waals surface area contributed by atoms with E-state index >= 15 is 0 Å². The Morgan fingerprint density at radius 2 is 1.86 bits per heavy atom. The topological polar surface area (TPSA) is 65.1 Å². The summed E-state index contributed by atoms with van der Waals surface area (Å²) in [6, 6.07) is 0. The van der Waals surface area contributed by atoms with Gasteiger partial charge in [-0.2, -0.15) is 0 Å². The molecule has 6 nitrogen and oxygen atoms in total. The molecular weight excluding hydrogens is 274 g/mol. The second-order valence-corrected chi connectivity index (χ2v) is 5.88. The lowest BCUT2D eigenvalue weighted by molar-refractivity contribution is -0.244. The summed E-state index contributed by atoms with van der Waals surface area (Å²) in [5.74, 6) is 0.972. The van der Waals surface area contributed by atoms with Gasteiger partial charge in [-0.15, -0.1) is 0 Å². The van der Waals surface area contributed by atoms with Crippen LogP contribution in [0, 0.1) is 0 Å². The van der Waals surface area contributed by atoms with E-state index in [0.717, 1.165) is 0 Å². The summed E-state index contributed by atoms with van der Waals surface area (Å²) in [6.07, 6.45) is 0.138.